The summed E-state index contributed by atoms with van der Waals surface area (Å²) in [6.45, 7) is 0. The molecule has 2 aromatic carbocycles. The normalized spacial score (nSPS) is 10.2. The number of ketones is 1. The Hall–Kier alpha value is -2.07. The van der Waals surface area contributed by atoms with Gasteiger partial charge in [0.2, 0.25) is 0 Å². The van der Waals surface area contributed by atoms with E-state index < -0.39 is 11.6 Å². The SMILES string of the molecule is COc1ccc(OC)c(C(=O)c2cccc(F)c2Cl)c1. The van der Waals surface area contributed by atoms with Crippen LogP contribution in [0.25, 0.3) is 0 Å². The fraction of sp³-hybridized carbons (Fsp3) is 0.133. The average molecular weight is 295 g/mol. The summed E-state index contributed by atoms with van der Waals surface area (Å²) in [7, 11) is 2.94. The van der Waals surface area contributed by atoms with Crippen molar-refractivity contribution in [1.29, 1.82) is 0 Å². The predicted octanol–water partition coefficient (Wildman–Crippen LogP) is 3.73. The highest BCUT2D eigenvalue weighted by atomic mass is 35.5. The standard InChI is InChI=1S/C15H12ClFO3/c1-19-9-6-7-13(20-2)11(8-9)15(18)10-4-3-5-12(17)14(10)16/h3-8H,1-2H3. The van der Waals surface area contributed by atoms with Gasteiger partial charge in [0.1, 0.15) is 17.3 Å². The molecule has 2 aromatic rings. The zero-order valence-electron chi connectivity index (χ0n) is 10.9. The smallest absolute Gasteiger partial charge is 0.198 e. The molecule has 0 aliphatic heterocycles. The van der Waals surface area contributed by atoms with Crippen LogP contribution in [0.2, 0.25) is 5.02 Å². The third-order valence-corrected chi connectivity index (χ3v) is 3.23. The van der Waals surface area contributed by atoms with E-state index in [0.717, 1.165) is 0 Å². The van der Waals surface area contributed by atoms with Crippen LogP contribution in [0.1, 0.15) is 15.9 Å². The fourth-order valence-electron chi connectivity index (χ4n) is 1.82. The first-order chi connectivity index (χ1) is 9.58. The summed E-state index contributed by atoms with van der Waals surface area (Å²) in [5.41, 5.74) is 0.345. The maximum Gasteiger partial charge on any atom is 0.198 e. The molecule has 0 amide bonds. The first-order valence-electron chi connectivity index (χ1n) is 5.79. The van der Waals surface area contributed by atoms with Gasteiger partial charge in [-0.25, -0.2) is 4.39 Å². The molecule has 0 bridgehead atoms. The van der Waals surface area contributed by atoms with E-state index in [0.29, 0.717) is 11.5 Å². The van der Waals surface area contributed by atoms with Gasteiger partial charge in [0, 0.05) is 5.56 Å². The van der Waals surface area contributed by atoms with E-state index in [-0.39, 0.29) is 16.1 Å². The molecule has 0 aliphatic carbocycles. The van der Waals surface area contributed by atoms with Gasteiger partial charge in [-0.15, -0.1) is 0 Å². The topological polar surface area (TPSA) is 35.5 Å². The Morgan fingerprint density at radius 1 is 1.10 bits per heavy atom. The number of rotatable bonds is 4. The number of methoxy groups -OCH3 is 2. The third-order valence-electron chi connectivity index (χ3n) is 2.85. The van der Waals surface area contributed by atoms with E-state index in [1.807, 2.05) is 0 Å². The lowest BCUT2D eigenvalue weighted by molar-refractivity contribution is 0.103. The Bertz CT molecular complexity index is 656. The van der Waals surface area contributed by atoms with Crippen LogP contribution >= 0.6 is 11.6 Å². The van der Waals surface area contributed by atoms with Crippen LogP contribution in [0.4, 0.5) is 4.39 Å². The number of hydrogen-bond acceptors (Lipinski definition) is 3. The summed E-state index contributed by atoms with van der Waals surface area (Å²) >= 11 is 5.84. The lowest BCUT2D eigenvalue weighted by Crippen LogP contribution is -2.06. The summed E-state index contributed by atoms with van der Waals surface area (Å²) in [5, 5.41) is -0.206. The quantitative estimate of drug-likeness (QED) is 0.806. The second-order valence-electron chi connectivity index (χ2n) is 4.00. The molecule has 0 aromatic heterocycles. The van der Waals surface area contributed by atoms with Crippen molar-refractivity contribution in [1.82, 2.24) is 0 Å². The van der Waals surface area contributed by atoms with Gasteiger partial charge in [0.05, 0.1) is 24.8 Å². The van der Waals surface area contributed by atoms with Crippen molar-refractivity contribution in [2.24, 2.45) is 0 Å². The maximum atomic E-state index is 13.4. The molecule has 3 nitrogen and oxygen atoms in total. The Balaban J connectivity index is 2.55. The van der Waals surface area contributed by atoms with Gasteiger partial charge in [-0.1, -0.05) is 17.7 Å². The number of halogens is 2. The van der Waals surface area contributed by atoms with Crippen LogP contribution < -0.4 is 9.47 Å². The number of benzene rings is 2. The molecule has 0 saturated carbocycles. The van der Waals surface area contributed by atoms with Crippen LogP contribution in [-0.2, 0) is 0 Å². The predicted molar refractivity (Wildman–Crippen MR) is 74.4 cm³/mol. The van der Waals surface area contributed by atoms with Gasteiger partial charge < -0.3 is 9.47 Å². The average Bonchev–Trinajstić information content (AvgIpc) is 2.48. The molecular formula is C15H12ClFO3. The van der Waals surface area contributed by atoms with Gasteiger partial charge in [-0.3, -0.25) is 4.79 Å². The fourth-order valence-corrected chi connectivity index (χ4v) is 2.03. The van der Waals surface area contributed by atoms with Crippen molar-refractivity contribution >= 4 is 17.4 Å². The van der Waals surface area contributed by atoms with E-state index in [1.54, 1.807) is 12.1 Å². The molecule has 20 heavy (non-hydrogen) atoms. The third kappa shape index (κ3) is 2.60. The molecule has 0 radical (unpaired) electrons. The summed E-state index contributed by atoms with van der Waals surface area (Å²) in [4.78, 5) is 12.5. The molecule has 2 rings (SSSR count). The van der Waals surface area contributed by atoms with Crippen LogP contribution in [0.15, 0.2) is 36.4 Å². The zero-order valence-corrected chi connectivity index (χ0v) is 11.7. The zero-order chi connectivity index (χ0) is 14.7. The van der Waals surface area contributed by atoms with E-state index >= 15 is 0 Å². The van der Waals surface area contributed by atoms with Crippen molar-refractivity contribution in [2.75, 3.05) is 14.2 Å². The molecular weight excluding hydrogens is 283 g/mol. The first-order valence-corrected chi connectivity index (χ1v) is 6.17. The number of carbonyl (C=O) groups excluding carboxylic acids is 1. The second kappa shape index (κ2) is 5.92. The first kappa shape index (κ1) is 14.3. The molecule has 0 N–H and O–H groups in total. The number of carbonyl (C=O) groups is 1. The van der Waals surface area contributed by atoms with Gasteiger partial charge in [-0.05, 0) is 30.3 Å². The van der Waals surface area contributed by atoms with Gasteiger partial charge in [0.15, 0.2) is 5.78 Å². The van der Waals surface area contributed by atoms with Gasteiger partial charge in [0.25, 0.3) is 0 Å². The van der Waals surface area contributed by atoms with Gasteiger partial charge in [-0.2, -0.15) is 0 Å². The Morgan fingerprint density at radius 3 is 2.50 bits per heavy atom. The Kier molecular flexibility index (Phi) is 4.25. The molecule has 0 spiro atoms. The van der Waals surface area contributed by atoms with Crippen molar-refractivity contribution < 1.29 is 18.7 Å². The molecule has 104 valence electrons. The van der Waals surface area contributed by atoms with Crippen molar-refractivity contribution in [3.05, 3.63) is 58.4 Å². The molecule has 0 saturated heterocycles. The van der Waals surface area contributed by atoms with Crippen molar-refractivity contribution in [2.45, 2.75) is 0 Å². The van der Waals surface area contributed by atoms with Crippen LogP contribution in [0.5, 0.6) is 11.5 Å². The second-order valence-corrected chi connectivity index (χ2v) is 4.37. The van der Waals surface area contributed by atoms with E-state index in [2.05, 4.69) is 0 Å². The minimum atomic E-state index is -0.639. The van der Waals surface area contributed by atoms with E-state index in [9.17, 15) is 9.18 Å². The molecule has 0 heterocycles. The number of hydrogen-bond donors (Lipinski definition) is 0. The van der Waals surface area contributed by atoms with Crippen LogP contribution in [0, 0.1) is 5.82 Å². The summed E-state index contributed by atoms with van der Waals surface area (Å²) in [6.07, 6.45) is 0. The van der Waals surface area contributed by atoms with E-state index in [4.69, 9.17) is 21.1 Å². The molecule has 0 atom stereocenters. The van der Waals surface area contributed by atoms with Crippen LogP contribution in [0.3, 0.4) is 0 Å². The maximum absolute atomic E-state index is 13.4. The van der Waals surface area contributed by atoms with Gasteiger partial charge >= 0.3 is 0 Å². The molecule has 5 heteroatoms. The lowest BCUT2D eigenvalue weighted by atomic mass is 10.0. The largest absolute Gasteiger partial charge is 0.497 e. The minimum Gasteiger partial charge on any atom is -0.497 e. The van der Waals surface area contributed by atoms with Crippen LogP contribution in [-0.4, -0.2) is 20.0 Å². The van der Waals surface area contributed by atoms with E-state index in [1.165, 1.54) is 38.5 Å². The number of ether oxygens (including phenoxy) is 2. The highest BCUT2D eigenvalue weighted by Gasteiger charge is 2.19. The van der Waals surface area contributed by atoms with Crippen molar-refractivity contribution in [3.8, 4) is 11.5 Å². The molecule has 0 fully saturated rings. The summed E-state index contributed by atoms with van der Waals surface area (Å²) < 4.78 is 23.7. The highest BCUT2D eigenvalue weighted by molar-refractivity contribution is 6.35. The minimum absolute atomic E-state index is 0.0817. The monoisotopic (exact) mass is 294 g/mol. The molecule has 0 aliphatic rings. The van der Waals surface area contributed by atoms with Crippen molar-refractivity contribution in [3.63, 3.8) is 0 Å². The Labute approximate surface area is 120 Å². The summed E-state index contributed by atoms with van der Waals surface area (Å²) in [6, 6.07) is 8.90. The lowest BCUT2D eigenvalue weighted by Gasteiger charge is -2.10. The summed E-state index contributed by atoms with van der Waals surface area (Å²) in [5.74, 6) is -0.192. The molecule has 0 unspecified atom stereocenters. The Morgan fingerprint density at radius 2 is 1.85 bits per heavy atom. The highest BCUT2D eigenvalue weighted by Crippen LogP contribution is 2.29.